The highest BCUT2D eigenvalue weighted by Crippen LogP contribution is 2.50. The summed E-state index contributed by atoms with van der Waals surface area (Å²) in [7, 11) is 0. The highest BCUT2D eigenvalue weighted by atomic mass is 32.1. The van der Waals surface area contributed by atoms with Gasteiger partial charge in [0.2, 0.25) is 5.78 Å². The number of halogens is 1. The van der Waals surface area contributed by atoms with Crippen molar-refractivity contribution in [1.82, 2.24) is 9.88 Å². The summed E-state index contributed by atoms with van der Waals surface area (Å²) in [5.41, 5.74) is -0.387. The molecular formula is C28H27FN2O6S. The zero-order valence-electron chi connectivity index (χ0n) is 21.0. The number of aromatic nitrogens is 1. The predicted molar refractivity (Wildman–Crippen MR) is 137 cm³/mol. The van der Waals surface area contributed by atoms with Gasteiger partial charge in [-0.1, -0.05) is 42.5 Å². The average molecular weight is 539 g/mol. The van der Waals surface area contributed by atoms with E-state index in [1.54, 1.807) is 6.92 Å². The van der Waals surface area contributed by atoms with Crippen LogP contribution >= 0.6 is 11.3 Å². The van der Waals surface area contributed by atoms with Crippen molar-refractivity contribution < 1.29 is 33.0 Å². The second-order valence-electron chi connectivity index (χ2n) is 8.89. The molecule has 198 valence electrons. The summed E-state index contributed by atoms with van der Waals surface area (Å²) in [5.74, 6) is -2.60. The van der Waals surface area contributed by atoms with E-state index in [2.05, 4.69) is 4.98 Å². The van der Waals surface area contributed by atoms with Gasteiger partial charge in [-0.3, -0.25) is 14.5 Å². The first-order valence-electron chi connectivity index (χ1n) is 12.2. The lowest BCUT2D eigenvalue weighted by molar-refractivity contribution is -0.142. The van der Waals surface area contributed by atoms with Crippen LogP contribution < -0.4 is 0 Å². The van der Waals surface area contributed by atoms with Gasteiger partial charge in [-0.05, 0) is 43.0 Å². The maximum atomic E-state index is 13.9. The number of nitrogens with zero attached hydrogens (tertiary/aromatic N) is 2. The molecule has 38 heavy (non-hydrogen) atoms. The molecule has 0 radical (unpaired) electrons. The third kappa shape index (κ3) is 5.35. The topological polar surface area (TPSA) is 103 Å². The van der Waals surface area contributed by atoms with Crippen molar-refractivity contribution in [2.24, 2.45) is 0 Å². The maximum absolute atomic E-state index is 13.9. The van der Waals surface area contributed by atoms with Crippen LogP contribution in [0.5, 0.6) is 0 Å². The number of ketones is 2. The highest BCUT2D eigenvalue weighted by molar-refractivity contribution is 7.10. The Bertz CT molecular complexity index is 1330. The number of carbonyl (C=O) groups is 4. The molecule has 0 spiro atoms. The minimum absolute atomic E-state index is 0.000951. The monoisotopic (exact) mass is 538 g/mol. The average Bonchev–Trinajstić information content (AvgIpc) is 3.42. The fraction of sp³-hybridized carbons (Fsp3) is 0.321. The third-order valence-electron chi connectivity index (χ3n) is 6.51. The molecule has 1 amide bonds. The fourth-order valence-electron chi connectivity index (χ4n) is 4.85. The molecule has 0 bridgehead atoms. The van der Waals surface area contributed by atoms with Gasteiger partial charge < -0.3 is 9.47 Å². The molecule has 2 heterocycles. The van der Waals surface area contributed by atoms with Crippen molar-refractivity contribution in [3.8, 4) is 0 Å². The predicted octanol–water partition coefficient (Wildman–Crippen LogP) is 5.03. The fourth-order valence-corrected chi connectivity index (χ4v) is 5.84. The van der Waals surface area contributed by atoms with Gasteiger partial charge in [0, 0.05) is 18.8 Å². The molecule has 4 rings (SSSR count). The first kappa shape index (κ1) is 27.1. The van der Waals surface area contributed by atoms with Crippen LogP contribution in [0.1, 0.15) is 59.4 Å². The van der Waals surface area contributed by atoms with Crippen LogP contribution in [-0.2, 0) is 31.1 Å². The van der Waals surface area contributed by atoms with Crippen LogP contribution in [0.25, 0.3) is 0 Å². The van der Waals surface area contributed by atoms with Crippen LogP contribution in [0.2, 0.25) is 0 Å². The summed E-state index contributed by atoms with van der Waals surface area (Å²) in [6.45, 7) is 3.21. The minimum Gasteiger partial charge on any atom is -0.461 e. The molecule has 2 atom stereocenters. The molecule has 1 aliphatic heterocycles. The zero-order chi connectivity index (χ0) is 27.3. The Kier molecular flexibility index (Phi) is 8.31. The lowest BCUT2D eigenvalue weighted by Gasteiger charge is -2.47. The number of carbonyl (C=O) groups excluding carboxylic acids is 4. The van der Waals surface area contributed by atoms with Crippen LogP contribution in [0.4, 0.5) is 9.18 Å². The number of benzene rings is 2. The zero-order valence-corrected chi connectivity index (χ0v) is 21.8. The van der Waals surface area contributed by atoms with E-state index in [4.69, 9.17) is 9.47 Å². The van der Waals surface area contributed by atoms with Crippen molar-refractivity contribution in [1.29, 1.82) is 0 Å². The summed E-state index contributed by atoms with van der Waals surface area (Å²) in [6, 6.07) is 13.4. The van der Waals surface area contributed by atoms with Gasteiger partial charge in [0.05, 0.1) is 12.0 Å². The first-order valence-corrected chi connectivity index (χ1v) is 13.1. The number of hydrogen-bond acceptors (Lipinski definition) is 8. The van der Waals surface area contributed by atoms with Crippen LogP contribution in [0, 0.1) is 5.82 Å². The van der Waals surface area contributed by atoms with Gasteiger partial charge >= 0.3 is 12.1 Å². The van der Waals surface area contributed by atoms with Gasteiger partial charge in [0.25, 0.3) is 0 Å². The Morgan fingerprint density at radius 3 is 2.45 bits per heavy atom. The number of likely N-dealkylation sites (tertiary alicyclic amines) is 1. The van der Waals surface area contributed by atoms with Crippen molar-refractivity contribution in [2.75, 3.05) is 13.2 Å². The van der Waals surface area contributed by atoms with E-state index in [9.17, 15) is 23.6 Å². The molecule has 1 aromatic heterocycles. The van der Waals surface area contributed by atoms with Crippen molar-refractivity contribution in [3.63, 3.8) is 0 Å². The Labute approximate surface area is 223 Å². The molecule has 0 N–H and O–H groups in total. The largest absolute Gasteiger partial charge is 0.461 e. The Morgan fingerprint density at radius 1 is 1.08 bits per heavy atom. The molecule has 1 saturated heterocycles. The normalized spacial score (nSPS) is 19.0. The van der Waals surface area contributed by atoms with Crippen LogP contribution in [0.3, 0.4) is 0 Å². The Morgan fingerprint density at radius 2 is 1.79 bits per heavy atom. The van der Waals surface area contributed by atoms with Gasteiger partial charge in [-0.25, -0.2) is 19.0 Å². The van der Waals surface area contributed by atoms with E-state index >= 15 is 0 Å². The molecule has 1 fully saturated rings. The van der Waals surface area contributed by atoms with Crippen molar-refractivity contribution >= 4 is 35.0 Å². The van der Waals surface area contributed by atoms with E-state index in [-0.39, 0.29) is 36.9 Å². The van der Waals surface area contributed by atoms with E-state index in [1.807, 2.05) is 30.3 Å². The highest BCUT2D eigenvalue weighted by Gasteiger charge is 2.56. The number of rotatable bonds is 8. The number of hydrogen-bond donors (Lipinski definition) is 0. The number of amides is 1. The third-order valence-corrected chi connectivity index (χ3v) is 7.41. The molecular weight excluding hydrogens is 511 g/mol. The number of thiazole rings is 1. The SMILES string of the molecule is CCOC(=O)c1csc(C2N(C(=O)OCc3ccccc3)CCCC2(C(=O)C(C)=O)c2ccc(F)cc2)n1. The van der Waals surface area contributed by atoms with Gasteiger partial charge in [-0.2, -0.15) is 0 Å². The Balaban J connectivity index is 1.83. The molecule has 1 aliphatic rings. The van der Waals surface area contributed by atoms with Gasteiger partial charge in [0.1, 0.15) is 23.5 Å². The summed E-state index contributed by atoms with van der Waals surface area (Å²) in [5, 5.41) is 1.76. The van der Waals surface area contributed by atoms with Gasteiger partial charge in [0.15, 0.2) is 11.5 Å². The number of esters is 1. The molecule has 0 aliphatic carbocycles. The summed E-state index contributed by atoms with van der Waals surface area (Å²) < 4.78 is 24.6. The molecule has 2 aromatic carbocycles. The quantitative estimate of drug-likeness (QED) is 0.293. The second-order valence-corrected chi connectivity index (χ2v) is 9.78. The van der Waals surface area contributed by atoms with Crippen LogP contribution in [0.15, 0.2) is 60.0 Å². The van der Waals surface area contributed by atoms with E-state index in [0.717, 1.165) is 16.9 Å². The van der Waals surface area contributed by atoms with Crippen molar-refractivity contribution in [3.05, 3.63) is 87.6 Å². The maximum Gasteiger partial charge on any atom is 0.410 e. The summed E-state index contributed by atoms with van der Waals surface area (Å²) in [6.07, 6.45) is -0.114. The second kappa shape index (κ2) is 11.6. The number of ether oxygens (including phenoxy) is 2. The number of Topliss-reactive ketones (excluding diaryl/α,β-unsaturated/α-hetero) is 2. The van der Waals surface area contributed by atoms with Gasteiger partial charge in [-0.15, -0.1) is 11.3 Å². The summed E-state index contributed by atoms with van der Waals surface area (Å²) >= 11 is 1.08. The summed E-state index contributed by atoms with van der Waals surface area (Å²) in [4.78, 5) is 58.0. The van der Waals surface area contributed by atoms with Crippen LogP contribution in [-0.4, -0.2) is 46.7 Å². The smallest absolute Gasteiger partial charge is 0.410 e. The van der Waals surface area contributed by atoms with E-state index in [0.29, 0.717) is 12.0 Å². The molecule has 2 unspecified atom stereocenters. The number of piperidine rings is 1. The lowest BCUT2D eigenvalue weighted by atomic mass is 9.64. The molecule has 3 aromatic rings. The molecule has 0 saturated carbocycles. The Hall–Kier alpha value is -3.92. The van der Waals surface area contributed by atoms with E-state index < -0.39 is 40.9 Å². The standard InChI is InChI=1S/C28H27FN2O6S/c1-3-36-26(34)22-17-38-25(30-22)23-28(24(33)18(2)32,20-10-12-21(29)13-11-20)14-7-15-31(23)27(35)37-16-19-8-5-4-6-9-19/h4-6,8-13,17,23H,3,7,14-16H2,1-2H3. The molecule has 8 nitrogen and oxygen atoms in total. The molecule has 10 heteroatoms. The minimum atomic E-state index is -1.56. The first-order chi connectivity index (χ1) is 18.3. The lowest BCUT2D eigenvalue weighted by Crippen LogP contribution is -2.56. The van der Waals surface area contributed by atoms with E-state index in [1.165, 1.54) is 41.5 Å². The van der Waals surface area contributed by atoms with Crippen molar-refractivity contribution in [2.45, 2.75) is 44.8 Å².